The van der Waals surface area contributed by atoms with E-state index in [1.165, 1.54) is 154 Å². The zero-order valence-electron chi connectivity index (χ0n) is 37.6. The van der Waals surface area contributed by atoms with Crippen LogP contribution in [0.15, 0.2) is 0 Å². The zero-order valence-corrected chi connectivity index (χ0v) is 38.5. The van der Waals surface area contributed by atoms with Crippen LogP contribution in [0.5, 0.6) is 0 Å². The van der Waals surface area contributed by atoms with Crippen LogP contribution < -0.4 is 0 Å². The molecule has 10 heteroatoms. The zero-order chi connectivity index (χ0) is 41.4. The number of esters is 2. The number of rotatable bonds is 44. The smallest absolute Gasteiger partial charge is 0.462 e. The average molecular weight is 819 g/mol. The van der Waals surface area contributed by atoms with E-state index in [9.17, 15) is 19.0 Å². The van der Waals surface area contributed by atoms with Gasteiger partial charge in [-0.05, 0) is 25.7 Å². The van der Waals surface area contributed by atoms with E-state index in [0.29, 0.717) is 12.8 Å². The number of carbonyl (C=O) groups excluding carboxylic acids is 2. The largest absolute Gasteiger partial charge is 0.472 e. The maximum Gasteiger partial charge on any atom is 0.472 e. The normalized spacial score (nSPS) is 13.5. The predicted molar refractivity (Wildman–Crippen MR) is 234 cm³/mol. The Balaban J connectivity index is 4.36. The molecular weight excluding hydrogens is 725 g/mol. The number of unbranched alkanes of at least 4 members (excludes halogenated alkanes) is 29. The lowest BCUT2D eigenvalue weighted by Gasteiger charge is -2.23. The number of hydrogen-bond donors (Lipinski definition) is 1. The van der Waals surface area contributed by atoms with E-state index < -0.39 is 19.9 Å². The van der Waals surface area contributed by atoms with Gasteiger partial charge in [-0.25, -0.2) is 4.57 Å². The van der Waals surface area contributed by atoms with Gasteiger partial charge in [-0.1, -0.05) is 194 Å². The van der Waals surface area contributed by atoms with Crippen molar-refractivity contribution in [3.8, 4) is 0 Å². The molecule has 0 aromatic heterocycles. The van der Waals surface area contributed by atoms with Gasteiger partial charge in [0.25, 0.3) is 0 Å². The van der Waals surface area contributed by atoms with Gasteiger partial charge in [0, 0.05) is 12.8 Å². The highest BCUT2D eigenvalue weighted by molar-refractivity contribution is 7.47. The average Bonchev–Trinajstić information content (AvgIpc) is 3.15. The lowest BCUT2D eigenvalue weighted by Crippen LogP contribution is -2.35. The van der Waals surface area contributed by atoms with Crippen molar-refractivity contribution in [2.75, 3.05) is 47.5 Å². The third kappa shape index (κ3) is 42.6. The fraction of sp³-hybridized carbons (Fsp3) is 0.957. The van der Waals surface area contributed by atoms with Gasteiger partial charge in [-0.2, -0.15) is 0 Å². The molecule has 0 heterocycles. The summed E-state index contributed by atoms with van der Waals surface area (Å²) in [6, 6.07) is 0. The standard InChI is InChI=1S/C46H92NO8P/c1-6-8-10-12-14-16-18-20-22-24-26-28-30-32-34-38-45(48)52-42-44(43-54-56(50,51)53-41-37-36-40-47(3,4)5)55-46(49)39-35-33-31-29-27-25-23-21-19-17-15-13-11-9-7-2/h44H,6-43H2,1-5H3/p+1. The van der Waals surface area contributed by atoms with Crippen molar-refractivity contribution in [1.29, 1.82) is 0 Å². The van der Waals surface area contributed by atoms with Crippen LogP contribution >= 0.6 is 7.82 Å². The van der Waals surface area contributed by atoms with Crippen LogP contribution in [-0.2, 0) is 32.7 Å². The third-order valence-corrected chi connectivity index (χ3v) is 11.6. The summed E-state index contributed by atoms with van der Waals surface area (Å²) in [6.45, 7) is 4.93. The number of ether oxygens (including phenoxy) is 2. The second-order valence-corrected chi connectivity index (χ2v) is 19.0. The molecule has 0 radical (unpaired) electrons. The molecule has 0 rings (SSSR count). The Morgan fingerprint density at radius 2 is 0.839 bits per heavy atom. The molecule has 334 valence electrons. The van der Waals surface area contributed by atoms with Crippen LogP contribution in [0.4, 0.5) is 0 Å². The Labute approximate surface area is 346 Å². The van der Waals surface area contributed by atoms with E-state index in [0.717, 1.165) is 56.0 Å². The number of quaternary nitrogens is 1. The van der Waals surface area contributed by atoms with Crippen molar-refractivity contribution in [2.45, 2.75) is 238 Å². The molecule has 0 aromatic rings. The molecule has 9 nitrogen and oxygen atoms in total. The van der Waals surface area contributed by atoms with Crippen molar-refractivity contribution in [1.82, 2.24) is 0 Å². The highest BCUT2D eigenvalue weighted by Gasteiger charge is 2.26. The van der Waals surface area contributed by atoms with Crippen LogP contribution in [0.3, 0.4) is 0 Å². The molecule has 0 aliphatic carbocycles. The second-order valence-electron chi connectivity index (χ2n) is 17.5. The molecule has 0 saturated carbocycles. The molecule has 2 atom stereocenters. The molecule has 0 aliphatic heterocycles. The first-order valence-electron chi connectivity index (χ1n) is 23.8. The molecule has 2 unspecified atom stereocenters. The number of nitrogens with zero attached hydrogens (tertiary/aromatic N) is 1. The van der Waals surface area contributed by atoms with Gasteiger partial charge in [0.15, 0.2) is 6.10 Å². The van der Waals surface area contributed by atoms with Gasteiger partial charge in [-0.15, -0.1) is 0 Å². The molecule has 0 aliphatic rings. The summed E-state index contributed by atoms with van der Waals surface area (Å²) in [4.78, 5) is 35.5. The van der Waals surface area contributed by atoms with Crippen LogP contribution in [0, 0.1) is 0 Å². The third-order valence-electron chi connectivity index (χ3n) is 10.6. The van der Waals surface area contributed by atoms with Crippen molar-refractivity contribution in [2.24, 2.45) is 0 Å². The summed E-state index contributed by atoms with van der Waals surface area (Å²) < 4.78 is 34.8. The van der Waals surface area contributed by atoms with Gasteiger partial charge >= 0.3 is 19.8 Å². The molecule has 0 fully saturated rings. The summed E-state index contributed by atoms with van der Waals surface area (Å²) in [5.41, 5.74) is 0. The maximum atomic E-state index is 12.7. The quantitative estimate of drug-likeness (QED) is 0.0280. The number of phosphoric acid groups is 1. The Bertz CT molecular complexity index is 927. The monoisotopic (exact) mass is 819 g/mol. The summed E-state index contributed by atoms with van der Waals surface area (Å²) in [6.07, 6.45) is 38.6. The number of hydrogen-bond acceptors (Lipinski definition) is 7. The highest BCUT2D eigenvalue weighted by Crippen LogP contribution is 2.43. The first-order valence-corrected chi connectivity index (χ1v) is 25.3. The minimum Gasteiger partial charge on any atom is -0.462 e. The molecule has 0 aromatic carbocycles. The van der Waals surface area contributed by atoms with Crippen molar-refractivity contribution in [3.05, 3.63) is 0 Å². The lowest BCUT2D eigenvalue weighted by molar-refractivity contribution is -0.870. The van der Waals surface area contributed by atoms with Gasteiger partial charge in [-0.3, -0.25) is 18.6 Å². The number of phosphoric ester groups is 1. The van der Waals surface area contributed by atoms with E-state index in [-0.39, 0.29) is 32.2 Å². The lowest BCUT2D eigenvalue weighted by atomic mass is 10.0. The Morgan fingerprint density at radius 1 is 0.482 bits per heavy atom. The van der Waals surface area contributed by atoms with Crippen molar-refractivity contribution >= 4 is 19.8 Å². The van der Waals surface area contributed by atoms with Crippen molar-refractivity contribution in [3.63, 3.8) is 0 Å². The summed E-state index contributed by atoms with van der Waals surface area (Å²) in [7, 11) is 1.92. The molecule has 0 saturated heterocycles. The SMILES string of the molecule is CCCCCCCCCCCCCCCCCC(=O)OCC(COP(=O)(O)OCCCC[N+](C)(C)C)OC(=O)CCCCCCCCCCCCCCCCC. The Morgan fingerprint density at radius 3 is 1.21 bits per heavy atom. The highest BCUT2D eigenvalue weighted by atomic mass is 31.2. The van der Waals surface area contributed by atoms with Crippen LogP contribution in [0.1, 0.15) is 232 Å². The van der Waals surface area contributed by atoms with E-state index >= 15 is 0 Å². The number of carbonyl (C=O) groups is 2. The Hall–Kier alpha value is -0.990. The first kappa shape index (κ1) is 55.0. The van der Waals surface area contributed by atoms with Gasteiger partial charge in [0.2, 0.25) is 0 Å². The predicted octanol–water partition coefficient (Wildman–Crippen LogP) is 13.6. The molecule has 0 bridgehead atoms. The van der Waals surface area contributed by atoms with Gasteiger partial charge < -0.3 is 18.9 Å². The Kier molecular flexibility index (Phi) is 38.8. The van der Waals surface area contributed by atoms with E-state index in [2.05, 4.69) is 35.0 Å². The minimum absolute atomic E-state index is 0.0890. The van der Waals surface area contributed by atoms with Crippen LogP contribution in [0.2, 0.25) is 0 Å². The second kappa shape index (κ2) is 39.5. The van der Waals surface area contributed by atoms with Gasteiger partial charge in [0.1, 0.15) is 6.61 Å². The molecule has 56 heavy (non-hydrogen) atoms. The van der Waals surface area contributed by atoms with Gasteiger partial charge in [0.05, 0.1) is 40.9 Å². The summed E-state index contributed by atoms with van der Waals surface area (Å²) in [5, 5.41) is 0. The van der Waals surface area contributed by atoms with Crippen LogP contribution in [0.25, 0.3) is 0 Å². The molecule has 0 spiro atoms. The summed E-state index contributed by atoms with van der Waals surface area (Å²) >= 11 is 0. The maximum absolute atomic E-state index is 12.7. The minimum atomic E-state index is -4.35. The topological polar surface area (TPSA) is 108 Å². The van der Waals surface area contributed by atoms with E-state index in [1.807, 2.05) is 0 Å². The molecule has 1 N–H and O–H groups in total. The summed E-state index contributed by atoms with van der Waals surface area (Å²) in [5.74, 6) is -0.774. The van der Waals surface area contributed by atoms with E-state index in [4.69, 9.17) is 18.5 Å². The first-order chi connectivity index (χ1) is 27.0. The molecule has 0 amide bonds. The van der Waals surface area contributed by atoms with Crippen molar-refractivity contribution < 1.29 is 42.1 Å². The fourth-order valence-corrected chi connectivity index (χ4v) is 7.77. The fourth-order valence-electron chi connectivity index (χ4n) is 6.98. The van der Waals surface area contributed by atoms with E-state index in [1.54, 1.807) is 0 Å². The molecular formula is C46H93NO8P+. The van der Waals surface area contributed by atoms with Crippen LogP contribution in [-0.4, -0.2) is 74.9 Å².